The Hall–Kier alpha value is -3.68. The van der Waals surface area contributed by atoms with Gasteiger partial charge in [-0.25, -0.2) is 4.79 Å². The summed E-state index contributed by atoms with van der Waals surface area (Å²) in [5, 5.41) is 29.7. The topological polar surface area (TPSA) is 123 Å². The third kappa shape index (κ3) is 3.44. The summed E-state index contributed by atoms with van der Waals surface area (Å²) in [6.07, 6.45) is 1.72. The Morgan fingerprint density at radius 2 is 1.75 bits per heavy atom. The third-order valence-electron chi connectivity index (χ3n) is 4.40. The lowest BCUT2D eigenvalue weighted by atomic mass is 9.90. The predicted octanol–water partition coefficient (Wildman–Crippen LogP) is 2.38. The van der Waals surface area contributed by atoms with E-state index in [2.05, 4.69) is 4.74 Å². The number of ether oxygens (including phenoxy) is 3. The van der Waals surface area contributed by atoms with Crippen LogP contribution in [0.5, 0.6) is 23.0 Å². The van der Waals surface area contributed by atoms with Gasteiger partial charge in [0.1, 0.15) is 12.0 Å². The molecule has 0 aromatic heterocycles. The molecule has 8 nitrogen and oxygen atoms in total. The normalized spacial score (nSPS) is 17.8. The highest BCUT2D eigenvalue weighted by Gasteiger charge is 2.43. The average Bonchev–Trinajstić information content (AvgIpc) is 3.07. The van der Waals surface area contributed by atoms with Crippen LogP contribution in [0.4, 0.5) is 0 Å². The fraction of sp³-hybridized carbons (Fsp3) is 0.200. The van der Waals surface area contributed by atoms with Gasteiger partial charge in [0.15, 0.2) is 23.0 Å². The molecule has 0 radical (unpaired) electrons. The maximum absolute atomic E-state index is 12.5. The molecule has 1 aliphatic heterocycles. The van der Waals surface area contributed by atoms with Crippen molar-refractivity contribution in [1.29, 1.82) is 0 Å². The van der Waals surface area contributed by atoms with Gasteiger partial charge in [-0.05, 0) is 41.5 Å². The SMILES string of the molecule is COC(=O)/C=C/c1cc(O)c2c(c1)[C@@H](C(=O)OC)[C@H](c1ccc(O)c(O)c1)O2. The molecule has 0 bridgehead atoms. The molecule has 0 aliphatic carbocycles. The Bertz CT molecular complexity index is 963. The fourth-order valence-electron chi connectivity index (χ4n) is 3.06. The molecule has 0 saturated heterocycles. The van der Waals surface area contributed by atoms with Crippen LogP contribution in [0.1, 0.15) is 28.7 Å². The van der Waals surface area contributed by atoms with Crippen molar-refractivity contribution in [3.63, 3.8) is 0 Å². The minimum atomic E-state index is -0.929. The van der Waals surface area contributed by atoms with Gasteiger partial charge in [-0.3, -0.25) is 4.79 Å². The molecule has 1 heterocycles. The Labute approximate surface area is 160 Å². The Morgan fingerprint density at radius 3 is 2.39 bits per heavy atom. The van der Waals surface area contributed by atoms with Crippen molar-refractivity contribution in [2.75, 3.05) is 14.2 Å². The zero-order valence-corrected chi connectivity index (χ0v) is 15.1. The van der Waals surface area contributed by atoms with Crippen molar-refractivity contribution >= 4 is 18.0 Å². The second-order valence-corrected chi connectivity index (χ2v) is 6.10. The van der Waals surface area contributed by atoms with Crippen molar-refractivity contribution in [1.82, 2.24) is 0 Å². The number of rotatable bonds is 4. The number of benzene rings is 2. The summed E-state index contributed by atoms with van der Waals surface area (Å²) in [5.41, 5.74) is 1.23. The van der Waals surface area contributed by atoms with Gasteiger partial charge in [0.05, 0.1) is 14.2 Å². The molecule has 2 aromatic rings. The van der Waals surface area contributed by atoms with Crippen LogP contribution in [0.2, 0.25) is 0 Å². The molecule has 146 valence electrons. The monoisotopic (exact) mass is 386 g/mol. The molecule has 8 heteroatoms. The van der Waals surface area contributed by atoms with E-state index in [0.29, 0.717) is 16.7 Å². The number of methoxy groups -OCH3 is 2. The van der Waals surface area contributed by atoms with Crippen molar-refractivity contribution in [3.05, 3.63) is 53.1 Å². The quantitative estimate of drug-likeness (QED) is 0.416. The number of fused-ring (bicyclic) bond motifs is 1. The summed E-state index contributed by atoms with van der Waals surface area (Å²) < 4.78 is 15.2. The van der Waals surface area contributed by atoms with Gasteiger partial charge < -0.3 is 29.5 Å². The molecule has 0 unspecified atom stereocenters. The second kappa shape index (κ2) is 7.51. The molecule has 0 spiro atoms. The first-order valence-corrected chi connectivity index (χ1v) is 8.25. The number of hydrogen-bond acceptors (Lipinski definition) is 8. The molecule has 3 rings (SSSR count). The molecule has 28 heavy (non-hydrogen) atoms. The van der Waals surface area contributed by atoms with Gasteiger partial charge in [0.25, 0.3) is 0 Å². The van der Waals surface area contributed by atoms with Crippen LogP contribution in [-0.4, -0.2) is 41.5 Å². The van der Waals surface area contributed by atoms with Gasteiger partial charge in [-0.1, -0.05) is 6.07 Å². The number of carbonyl (C=O) groups excluding carboxylic acids is 2. The van der Waals surface area contributed by atoms with E-state index in [1.165, 1.54) is 50.6 Å². The predicted molar refractivity (Wildman–Crippen MR) is 97.1 cm³/mol. The summed E-state index contributed by atoms with van der Waals surface area (Å²) in [6.45, 7) is 0. The molecule has 2 atom stereocenters. The van der Waals surface area contributed by atoms with Gasteiger partial charge in [0, 0.05) is 11.6 Å². The summed E-state index contributed by atoms with van der Waals surface area (Å²) in [5.74, 6) is -2.91. The summed E-state index contributed by atoms with van der Waals surface area (Å²) in [7, 11) is 2.47. The third-order valence-corrected chi connectivity index (χ3v) is 4.40. The van der Waals surface area contributed by atoms with Crippen molar-refractivity contribution < 1.29 is 39.1 Å². The van der Waals surface area contributed by atoms with E-state index in [9.17, 15) is 24.9 Å². The van der Waals surface area contributed by atoms with Crippen molar-refractivity contribution in [3.8, 4) is 23.0 Å². The molecular formula is C20H18O8. The second-order valence-electron chi connectivity index (χ2n) is 6.10. The van der Waals surface area contributed by atoms with E-state index in [4.69, 9.17) is 9.47 Å². The van der Waals surface area contributed by atoms with Crippen LogP contribution in [0.25, 0.3) is 6.08 Å². The first-order valence-electron chi connectivity index (χ1n) is 8.25. The zero-order valence-electron chi connectivity index (χ0n) is 15.1. The lowest BCUT2D eigenvalue weighted by Gasteiger charge is -2.18. The zero-order chi connectivity index (χ0) is 20.4. The minimum Gasteiger partial charge on any atom is -0.504 e. The van der Waals surface area contributed by atoms with Crippen LogP contribution in [-0.2, 0) is 19.1 Å². The molecule has 0 amide bonds. The highest BCUT2D eigenvalue weighted by Crippen LogP contribution is 2.51. The highest BCUT2D eigenvalue weighted by atomic mass is 16.5. The van der Waals surface area contributed by atoms with E-state index in [1.54, 1.807) is 6.07 Å². The lowest BCUT2D eigenvalue weighted by Crippen LogP contribution is -2.20. The number of phenolic OH excluding ortho intramolecular Hbond substituents is 3. The number of carbonyl (C=O) groups is 2. The molecule has 0 fully saturated rings. The maximum Gasteiger partial charge on any atom is 0.330 e. The maximum atomic E-state index is 12.5. The van der Waals surface area contributed by atoms with Crippen LogP contribution in [0.15, 0.2) is 36.4 Å². The standard InChI is InChI=1S/C20H18O8/c1-26-16(24)6-3-10-7-12-17(20(25)27-2)18(28-19(12)15(23)8-10)11-4-5-13(21)14(22)9-11/h3-9,17-18,21-23H,1-2H3/b6-3+/t17-,18+/m1/s1. The van der Waals surface area contributed by atoms with Gasteiger partial charge in [-0.2, -0.15) is 0 Å². The Balaban J connectivity index is 2.07. The number of hydrogen-bond donors (Lipinski definition) is 3. The van der Waals surface area contributed by atoms with E-state index in [1.807, 2.05) is 0 Å². The van der Waals surface area contributed by atoms with Gasteiger partial charge in [0.2, 0.25) is 0 Å². The first kappa shape index (κ1) is 19.1. The molecule has 2 aromatic carbocycles. The van der Waals surface area contributed by atoms with Gasteiger partial charge >= 0.3 is 11.9 Å². The molecule has 0 saturated carbocycles. The Kier molecular flexibility index (Phi) is 5.12. The average molecular weight is 386 g/mol. The largest absolute Gasteiger partial charge is 0.504 e. The summed E-state index contributed by atoms with van der Waals surface area (Å²) >= 11 is 0. The molecule has 1 aliphatic rings. The van der Waals surface area contributed by atoms with Gasteiger partial charge in [-0.15, -0.1) is 0 Å². The lowest BCUT2D eigenvalue weighted by molar-refractivity contribution is -0.144. The van der Waals surface area contributed by atoms with Crippen LogP contribution < -0.4 is 4.74 Å². The number of phenols is 3. The van der Waals surface area contributed by atoms with Crippen molar-refractivity contribution in [2.45, 2.75) is 12.0 Å². The number of esters is 2. The minimum absolute atomic E-state index is 0.100. The smallest absolute Gasteiger partial charge is 0.330 e. The number of aromatic hydroxyl groups is 3. The van der Waals surface area contributed by atoms with E-state index >= 15 is 0 Å². The highest BCUT2D eigenvalue weighted by molar-refractivity contribution is 5.88. The Morgan fingerprint density at radius 1 is 1.00 bits per heavy atom. The van der Waals surface area contributed by atoms with Crippen LogP contribution in [0.3, 0.4) is 0 Å². The fourth-order valence-corrected chi connectivity index (χ4v) is 3.06. The molecule has 3 N–H and O–H groups in total. The van der Waals surface area contributed by atoms with E-state index < -0.39 is 24.0 Å². The summed E-state index contributed by atoms with van der Waals surface area (Å²) in [6, 6.07) is 7.02. The van der Waals surface area contributed by atoms with Crippen LogP contribution in [0, 0.1) is 0 Å². The summed E-state index contributed by atoms with van der Waals surface area (Å²) in [4.78, 5) is 23.8. The van der Waals surface area contributed by atoms with Crippen molar-refractivity contribution in [2.24, 2.45) is 0 Å². The molecular weight excluding hydrogens is 368 g/mol. The first-order chi connectivity index (χ1) is 13.3. The van der Waals surface area contributed by atoms with Crippen LogP contribution >= 0.6 is 0 Å². The van der Waals surface area contributed by atoms with E-state index in [0.717, 1.165) is 0 Å². The van der Waals surface area contributed by atoms with E-state index in [-0.39, 0.29) is 23.0 Å².